The molecule has 4 rings (SSSR count). The van der Waals surface area contributed by atoms with Gasteiger partial charge in [0.15, 0.2) is 0 Å². The number of ether oxygens (including phenoxy) is 1. The second-order valence-electron chi connectivity index (χ2n) is 7.59. The molecule has 1 unspecified atom stereocenters. The number of urea groups is 1. The highest BCUT2D eigenvalue weighted by molar-refractivity contribution is 5.74. The molecule has 1 aromatic carbocycles. The van der Waals surface area contributed by atoms with Gasteiger partial charge in [-0.15, -0.1) is 0 Å². The molecule has 0 spiro atoms. The molecule has 1 atom stereocenters. The molecule has 5 heteroatoms. The third kappa shape index (κ3) is 4.15. The van der Waals surface area contributed by atoms with Gasteiger partial charge in [0.1, 0.15) is 0 Å². The number of rotatable bonds is 4. The molecule has 136 valence electrons. The van der Waals surface area contributed by atoms with Crippen LogP contribution in [0.25, 0.3) is 0 Å². The van der Waals surface area contributed by atoms with Crippen LogP contribution in [0.15, 0.2) is 18.2 Å². The summed E-state index contributed by atoms with van der Waals surface area (Å²) in [5, 5.41) is 6.45. The van der Waals surface area contributed by atoms with E-state index in [0.29, 0.717) is 18.8 Å². The number of carbonyl (C=O) groups excluding carboxylic acids is 1. The molecule has 1 aromatic rings. The van der Waals surface area contributed by atoms with Gasteiger partial charge in [0, 0.05) is 32.7 Å². The Morgan fingerprint density at radius 1 is 1.08 bits per heavy atom. The molecule has 0 radical (unpaired) electrons. The fraction of sp³-hybridized carbons (Fsp3) is 0.650. The number of hydrogen-bond acceptors (Lipinski definition) is 3. The number of carbonyl (C=O) groups is 1. The Kier molecular flexibility index (Phi) is 5.22. The molecule has 25 heavy (non-hydrogen) atoms. The second-order valence-corrected chi connectivity index (χ2v) is 7.59. The highest BCUT2D eigenvalue weighted by atomic mass is 16.5. The first-order valence-electron chi connectivity index (χ1n) is 9.77. The number of nitrogens with one attached hydrogen (secondary N) is 2. The van der Waals surface area contributed by atoms with E-state index in [1.165, 1.54) is 36.0 Å². The zero-order valence-electron chi connectivity index (χ0n) is 14.9. The van der Waals surface area contributed by atoms with Crippen molar-refractivity contribution in [2.75, 3.05) is 13.1 Å². The molecule has 0 bridgehead atoms. The maximum Gasteiger partial charge on any atom is 0.317 e. The third-order valence-electron chi connectivity index (χ3n) is 5.74. The van der Waals surface area contributed by atoms with Gasteiger partial charge in [-0.3, -0.25) is 0 Å². The summed E-state index contributed by atoms with van der Waals surface area (Å²) in [6.07, 6.45) is 7.66. The minimum absolute atomic E-state index is 0.0583. The molecule has 1 saturated heterocycles. The van der Waals surface area contributed by atoms with Gasteiger partial charge >= 0.3 is 6.03 Å². The molecule has 3 aliphatic rings. The Labute approximate surface area is 150 Å². The molecule has 2 fully saturated rings. The number of fused-ring (bicyclic) bond motifs is 1. The summed E-state index contributed by atoms with van der Waals surface area (Å²) in [6, 6.07) is 6.56. The van der Waals surface area contributed by atoms with E-state index in [4.69, 9.17) is 4.74 Å². The van der Waals surface area contributed by atoms with Crippen LogP contribution in [0.4, 0.5) is 4.79 Å². The van der Waals surface area contributed by atoms with Gasteiger partial charge in [-0.05, 0) is 55.2 Å². The first kappa shape index (κ1) is 16.9. The van der Waals surface area contributed by atoms with Crippen LogP contribution in [0.3, 0.4) is 0 Å². The number of likely N-dealkylation sites (tertiary alicyclic amines) is 1. The third-order valence-corrected chi connectivity index (χ3v) is 5.74. The van der Waals surface area contributed by atoms with Crippen molar-refractivity contribution < 1.29 is 9.53 Å². The highest BCUT2D eigenvalue weighted by Gasteiger charge is 2.26. The molecule has 2 N–H and O–H groups in total. The van der Waals surface area contributed by atoms with Crippen LogP contribution in [0, 0.1) is 0 Å². The van der Waals surface area contributed by atoms with E-state index in [1.54, 1.807) is 0 Å². The Hall–Kier alpha value is -1.59. The molecule has 1 aliphatic carbocycles. The standard InChI is InChI=1S/C20H29N3O2/c24-20(22-12-15-6-7-16-13-21-14-17(16)11-15)23-9-2-5-19(8-10-23)25-18-3-1-4-18/h6-7,11,18-19,21H,1-5,8-10,12-14H2,(H,22,24). The van der Waals surface area contributed by atoms with Gasteiger partial charge < -0.3 is 20.3 Å². The van der Waals surface area contributed by atoms with Crippen LogP contribution < -0.4 is 10.6 Å². The summed E-state index contributed by atoms with van der Waals surface area (Å²) in [5.74, 6) is 0. The maximum absolute atomic E-state index is 12.5. The van der Waals surface area contributed by atoms with Crippen molar-refractivity contribution in [2.24, 2.45) is 0 Å². The molecular formula is C20H29N3O2. The summed E-state index contributed by atoms with van der Waals surface area (Å²) in [6.45, 7) is 4.14. The fourth-order valence-corrected chi connectivity index (χ4v) is 3.93. The first-order valence-corrected chi connectivity index (χ1v) is 9.77. The minimum atomic E-state index is 0.0583. The number of benzene rings is 1. The van der Waals surface area contributed by atoms with Gasteiger partial charge in [0.05, 0.1) is 12.2 Å². The van der Waals surface area contributed by atoms with Crippen LogP contribution in [-0.4, -0.2) is 36.2 Å². The van der Waals surface area contributed by atoms with Crippen LogP contribution in [0.2, 0.25) is 0 Å². The maximum atomic E-state index is 12.5. The lowest BCUT2D eigenvalue weighted by Gasteiger charge is -2.30. The monoisotopic (exact) mass is 343 g/mol. The molecule has 2 heterocycles. The zero-order chi connectivity index (χ0) is 17.1. The number of hydrogen-bond donors (Lipinski definition) is 2. The zero-order valence-corrected chi connectivity index (χ0v) is 14.9. The van der Waals surface area contributed by atoms with E-state index in [0.717, 1.165) is 45.4 Å². The topological polar surface area (TPSA) is 53.6 Å². The Balaban J connectivity index is 1.25. The van der Waals surface area contributed by atoms with Crippen molar-refractivity contribution in [1.29, 1.82) is 0 Å². The van der Waals surface area contributed by atoms with Gasteiger partial charge in [-0.1, -0.05) is 18.2 Å². The smallest absolute Gasteiger partial charge is 0.317 e. The highest BCUT2D eigenvalue weighted by Crippen LogP contribution is 2.26. The molecule has 1 saturated carbocycles. The lowest BCUT2D eigenvalue weighted by Crippen LogP contribution is -2.40. The van der Waals surface area contributed by atoms with Crippen molar-refractivity contribution in [1.82, 2.24) is 15.5 Å². The van der Waals surface area contributed by atoms with Crippen molar-refractivity contribution in [3.63, 3.8) is 0 Å². The average Bonchev–Trinajstić information content (AvgIpc) is 2.92. The van der Waals surface area contributed by atoms with E-state index in [2.05, 4.69) is 28.8 Å². The molecule has 0 aromatic heterocycles. The van der Waals surface area contributed by atoms with Crippen LogP contribution in [0.5, 0.6) is 0 Å². The summed E-state index contributed by atoms with van der Waals surface area (Å²) in [7, 11) is 0. The Bertz CT molecular complexity index is 615. The fourth-order valence-electron chi connectivity index (χ4n) is 3.93. The summed E-state index contributed by atoms with van der Waals surface area (Å²) < 4.78 is 6.14. The quantitative estimate of drug-likeness (QED) is 0.884. The number of amides is 2. The van der Waals surface area contributed by atoms with Crippen molar-refractivity contribution >= 4 is 6.03 Å². The summed E-state index contributed by atoms with van der Waals surface area (Å²) in [5.41, 5.74) is 3.91. The second kappa shape index (κ2) is 7.75. The average molecular weight is 343 g/mol. The van der Waals surface area contributed by atoms with Crippen LogP contribution in [-0.2, 0) is 24.4 Å². The van der Waals surface area contributed by atoms with Gasteiger partial charge in [-0.2, -0.15) is 0 Å². The summed E-state index contributed by atoms with van der Waals surface area (Å²) in [4.78, 5) is 14.5. The van der Waals surface area contributed by atoms with Gasteiger partial charge in [0.2, 0.25) is 0 Å². The van der Waals surface area contributed by atoms with Gasteiger partial charge in [-0.25, -0.2) is 4.79 Å². The Morgan fingerprint density at radius 3 is 2.72 bits per heavy atom. The van der Waals surface area contributed by atoms with Crippen molar-refractivity contribution in [3.05, 3.63) is 34.9 Å². The van der Waals surface area contributed by atoms with Crippen molar-refractivity contribution in [3.8, 4) is 0 Å². The predicted molar refractivity (Wildman–Crippen MR) is 97.2 cm³/mol. The lowest BCUT2D eigenvalue weighted by molar-refractivity contribution is -0.0557. The van der Waals surface area contributed by atoms with E-state index < -0.39 is 0 Å². The van der Waals surface area contributed by atoms with E-state index in [-0.39, 0.29) is 6.03 Å². The normalized spacial score (nSPS) is 23.7. The largest absolute Gasteiger partial charge is 0.375 e. The molecular weight excluding hydrogens is 314 g/mol. The van der Waals surface area contributed by atoms with Crippen LogP contribution >= 0.6 is 0 Å². The first-order chi connectivity index (χ1) is 12.3. The minimum Gasteiger partial charge on any atom is -0.375 e. The molecule has 5 nitrogen and oxygen atoms in total. The van der Waals surface area contributed by atoms with Crippen molar-refractivity contribution in [2.45, 2.75) is 70.4 Å². The Morgan fingerprint density at radius 2 is 1.88 bits per heavy atom. The molecule has 2 amide bonds. The van der Waals surface area contributed by atoms with E-state index in [9.17, 15) is 4.79 Å². The van der Waals surface area contributed by atoms with E-state index >= 15 is 0 Å². The lowest BCUT2D eigenvalue weighted by atomic mass is 9.95. The predicted octanol–water partition coefficient (Wildman–Crippen LogP) is 2.92. The van der Waals surface area contributed by atoms with E-state index in [1.807, 2.05) is 4.90 Å². The van der Waals surface area contributed by atoms with Crippen LogP contribution in [0.1, 0.15) is 55.2 Å². The SMILES string of the molecule is O=C(NCc1ccc2c(c1)CNC2)N1CCCC(OC2CCC2)CC1. The van der Waals surface area contributed by atoms with Gasteiger partial charge in [0.25, 0.3) is 0 Å². The number of nitrogens with zero attached hydrogens (tertiary/aromatic N) is 1. The molecule has 2 aliphatic heterocycles. The summed E-state index contributed by atoms with van der Waals surface area (Å²) >= 11 is 0.